The highest BCUT2D eigenvalue weighted by molar-refractivity contribution is 5.97. The second-order valence-electron chi connectivity index (χ2n) is 6.65. The number of rotatable bonds is 3. The Bertz CT molecular complexity index is 1010. The molecular formula is C20H20N4O2. The van der Waals surface area contributed by atoms with Gasteiger partial charge in [-0.25, -0.2) is 0 Å². The number of nitrogens with zero attached hydrogens (tertiary/aromatic N) is 2. The van der Waals surface area contributed by atoms with E-state index in [0.717, 1.165) is 40.6 Å². The smallest absolute Gasteiger partial charge is 0.251 e. The Morgan fingerprint density at radius 3 is 3.00 bits per heavy atom. The molecule has 0 saturated heterocycles. The number of carbonyl (C=O) groups is 2. The topological polar surface area (TPSA) is 76.0 Å². The van der Waals surface area contributed by atoms with Crippen molar-refractivity contribution in [1.82, 2.24) is 15.1 Å². The molecular weight excluding hydrogens is 328 g/mol. The zero-order valence-electron chi connectivity index (χ0n) is 14.6. The van der Waals surface area contributed by atoms with Crippen molar-refractivity contribution in [2.45, 2.75) is 25.8 Å². The highest BCUT2D eigenvalue weighted by Gasteiger charge is 2.15. The Hall–Kier alpha value is -3.15. The lowest BCUT2D eigenvalue weighted by atomic mass is 10.0. The van der Waals surface area contributed by atoms with Gasteiger partial charge in [-0.2, -0.15) is 5.10 Å². The number of anilines is 1. The molecule has 6 nitrogen and oxygen atoms in total. The Morgan fingerprint density at radius 1 is 1.23 bits per heavy atom. The van der Waals surface area contributed by atoms with Gasteiger partial charge < -0.3 is 10.6 Å². The van der Waals surface area contributed by atoms with Crippen LogP contribution in [-0.4, -0.2) is 21.6 Å². The average molecular weight is 348 g/mol. The zero-order valence-corrected chi connectivity index (χ0v) is 14.6. The third kappa shape index (κ3) is 3.31. The number of hydrogen-bond acceptors (Lipinski definition) is 3. The van der Waals surface area contributed by atoms with E-state index < -0.39 is 0 Å². The molecule has 0 atom stereocenters. The van der Waals surface area contributed by atoms with Crippen LogP contribution in [0.3, 0.4) is 0 Å². The van der Waals surface area contributed by atoms with Gasteiger partial charge in [0.15, 0.2) is 0 Å². The van der Waals surface area contributed by atoms with E-state index in [0.29, 0.717) is 18.5 Å². The maximum absolute atomic E-state index is 12.5. The van der Waals surface area contributed by atoms with Gasteiger partial charge in [0.05, 0.1) is 5.52 Å². The van der Waals surface area contributed by atoms with Gasteiger partial charge in [-0.15, -0.1) is 0 Å². The van der Waals surface area contributed by atoms with Crippen LogP contribution in [0.25, 0.3) is 10.9 Å². The molecule has 0 aliphatic carbocycles. The van der Waals surface area contributed by atoms with Crippen LogP contribution in [0.2, 0.25) is 0 Å². The molecule has 2 aromatic carbocycles. The second kappa shape index (κ2) is 6.63. The first-order valence-corrected chi connectivity index (χ1v) is 8.72. The normalized spacial score (nSPS) is 13.8. The van der Waals surface area contributed by atoms with Crippen molar-refractivity contribution in [3.8, 4) is 0 Å². The van der Waals surface area contributed by atoms with Crippen LogP contribution in [0.1, 0.15) is 34.3 Å². The molecule has 0 unspecified atom stereocenters. The van der Waals surface area contributed by atoms with Gasteiger partial charge >= 0.3 is 0 Å². The lowest BCUT2D eigenvalue weighted by Gasteiger charge is -2.10. The van der Waals surface area contributed by atoms with Gasteiger partial charge in [0, 0.05) is 42.8 Å². The maximum atomic E-state index is 12.5. The summed E-state index contributed by atoms with van der Waals surface area (Å²) < 4.78 is 1.78. The molecule has 0 bridgehead atoms. The van der Waals surface area contributed by atoms with Crippen LogP contribution in [0.5, 0.6) is 0 Å². The number of carbonyl (C=O) groups excluding carboxylic acids is 2. The van der Waals surface area contributed by atoms with E-state index in [4.69, 9.17) is 0 Å². The predicted octanol–water partition coefficient (Wildman–Crippen LogP) is 2.78. The third-order valence-electron chi connectivity index (χ3n) is 4.63. The van der Waals surface area contributed by atoms with Crippen molar-refractivity contribution in [2.24, 2.45) is 7.05 Å². The van der Waals surface area contributed by atoms with Crippen molar-refractivity contribution in [2.75, 3.05) is 5.32 Å². The lowest BCUT2D eigenvalue weighted by molar-refractivity contribution is -0.116. The maximum Gasteiger partial charge on any atom is 0.251 e. The first kappa shape index (κ1) is 16.3. The number of aryl methyl sites for hydroxylation is 2. The molecule has 132 valence electrons. The summed E-state index contributed by atoms with van der Waals surface area (Å²) in [4.78, 5) is 24.1. The number of benzene rings is 2. The highest BCUT2D eigenvalue weighted by Crippen LogP contribution is 2.23. The van der Waals surface area contributed by atoms with Crippen molar-refractivity contribution in [1.29, 1.82) is 0 Å². The largest absolute Gasteiger partial charge is 0.348 e. The average Bonchev–Trinajstić information content (AvgIpc) is 2.89. The summed E-state index contributed by atoms with van der Waals surface area (Å²) in [7, 11) is 1.89. The van der Waals surface area contributed by atoms with Gasteiger partial charge in [0.2, 0.25) is 5.91 Å². The fraction of sp³-hybridized carbons (Fsp3) is 0.250. The van der Waals surface area contributed by atoms with Crippen molar-refractivity contribution < 1.29 is 9.59 Å². The van der Waals surface area contributed by atoms with Crippen molar-refractivity contribution in [3.05, 3.63) is 59.3 Å². The number of fused-ring (bicyclic) bond motifs is 2. The van der Waals surface area contributed by atoms with Crippen LogP contribution in [-0.2, 0) is 24.8 Å². The highest BCUT2D eigenvalue weighted by atomic mass is 16.2. The molecule has 1 aliphatic heterocycles. The SMILES string of the molecule is Cn1cc2ccc(CNC(=O)c3ccc4c(c3)CCCC(=O)N4)cc2n1. The number of hydrogen-bond donors (Lipinski definition) is 2. The van der Waals surface area contributed by atoms with Gasteiger partial charge in [0.25, 0.3) is 5.91 Å². The van der Waals surface area contributed by atoms with E-state index in [1.165, 1.54) is 0 Å². The molecule has 0 fully saturated rings. The molecule has 6 heteroatoms. The molecule has 26 heavy (non-hydrogen) atoms. The molecule has 0 spiro atoms. The summed E-state index contributed by atoms with van der Waals surface area (Å²) in [5, 5.41) is 11.3. The number of amides is 2. The molecule has 2 heterocycles. The van der Waals surface area contributed by atoms with Gasteiger partial charge in [-0.05, 0) is 48.2 Å². The third-order valence-corrected chi connectivity index (χ3v) is 4.63. The van der Waals surface area contributed by atoms with Crippen LogP contribution in [0.15, 0.2) is 42.6 Å². The van der Waals surface area contributed by atoms with Gasteiger partial charge in [-0.1, -0.05) is 12.1 Å². The predicted molar refractivity (Wildman–Crippen MR) is 99.9 cm³/mol. The van der Waals surface area contributed by atoms with Crippen molar-refractivity contribution in [3.63, 3.8) is 0 Å². The molecule has 3 aromatic rings. The summed E-state index contributed by atoms with van der Waals surface area (Å²) in [6, 6.07) is 11.4. The monoisotopic (exact) mass is 348 g/mol. The lowest BCUT2D eigenvalue weighted by Crippen LogP contribution is -2.23. The minimum absolute atomic E-state index is 0.0332. The van der Waals surface area contributed by atoms with Crippen LogP contribution >= 0.6 is 0 Å². The quantitative estimate of drug-likeness (QED) is 0.764. The Kier molecular flexibility index (Phi) is 4.16. The molecule has 0 saturated carbocycles. The van der Waals surface area contributed by atoms with E-state index >= 15 is 0 Å². The Balaban J connectivity index is 1.47. The van der Waals surface area contributed by atoms with Crippen molar-refractivity contribution >= 4 is 28.4 Å². The van der Waals surface area contributed by atoms with E-state index in [9.17, 15) is 9.59 Å². The van der Waals surface area contributed by atoms with Gasteiger partial charge in [-0.3, -0.25) is 14.3 Å². The minimum Gasteiger partial charge on any atom is -0.348 e. The molecule has 2 N–H and O–H groups in total. The first-order valence-electron chi connectivity index (χ1n) is 8.72. The first-order chi connectivity index (χ1) is 12.6. The summed E-state index contributed by atoms with van der Waals surface area (Å²) in [6.45, 7) is 0.444. The minimum atomic E-state index is -0.121. The van der Waals surface area contributed by atoms with Crippen LogP contribution < -0.4 is 10.6 Å². The van der Waals surface area contributed by atoms with E-state index in [-0.39, 0.29) is 11.8 Å². The van der Waals surface area contributed by atoms with E-state index in [1.807, 2.05) is 43.6 Å². The van der Waals surface area contributed by atoms with Crippen LogP contribution in [0, 0.1) is 0 Å². The van der Waals surface area contributed by atoms with Gasteiger partial charge in [0.1, 0.15) is 0 Å². The Labute approximate surface area is 151 Å². The van der Waals surface area contributed by atoms with Crippen LogP contribution in [0.4, 0.5) is 5.69 Å². The Morgan fingerprint density at radius 2 is 2.12 bits per heavy atom. The number of nitrogens with one attached hydrogen (secondary N) is 2. The molecule has 1 aromatic heterocycles. The summed E-state index contributed by atoms with van der Waals surface area (Å²) >= 11 is 0. The van der Waals surface area contributed by atoms with E-state index in [2.05, 4.69) is 15.7 Å². The summed E-state index contributed by atoms with van der Waals surface area (Å²) in [6.07, 6.45) is 4.08. The zero-order chi connectivity index (χ0) is 18.1. The summed E-state index contributed by atoms with van der Waals surface area (Å²) in [5.74, 6) is -0.0876. The summed E-state index contributed by atoms with van der Waals surface area (Å²) in [5.41, 5.74) is 4.36. The molecule has 0 radical (unpaired) electrons. The second-order valence-corrected chi connectivity index (χ2v) is 6.65. The molecule has 2 amide bonds. The number of aromatic nitrogens is 2. The van der Waals surface area contributed by atoms with E-state index in [1.54, 1.807) is 10.7 Å². The fourth-order valence-corrected chi connectivity index (χ4v) is 3.30. The standard InChI is InChI=1S/C20H20N4O2/c1-24-12-16-6-5-13(9-18(16)23-24)11-21-20(26)15-7-8-17-14(10-15)3-2-4-19(25)22-17/h5-10,12H,2-4,11H2,1H3,(H,21,26)(H,22,25). The molecule has 1 aliphatic rings. The molecule has 4 rings (SSSR count). The fourth-order valence-electron chi connectivity index (χ4n) is 3.30.